The molecular weight excluding hydrogens is 455 g/mol. The Balaban J connectivity index is 1.26. The highest BCUT2D eigenvalue weighted by atomic mass is 19.4. The number of fused-ring (bicyclic) bond motifs is 1. The van der Waals surface area contributed by atoms with Gasteiger partial charge in [0.2, 0.25) is 0 Å². The zero-order chi connectivity index (χ0) is 24.3. The highest BCUT2D eigenvalue weighted by Crippen LogP contribution is 2.33. The van der Waals surface area contributed by atoms with Crippen molar-refractivity contribution in [1.29, 1.82) is 0 Å². The first-order valence-electron chi connectivity index (χ1n) is 10.9. The van der Waals surface area contributed by atoms with Crippen LogP contribution in [-0.2, 0) is 20.5 Å². The number of hydrogen-bond donors (Lipinski definition) is 1. The Morgan fingerprint density at radius 3 is 2.47 bits per heavy atom. The zero-order valence-corrected chi connectivity index (χ0v) is 18.4. The number of aromatic nitrogens is 1. The number of alkyl halides is 3. The van der Waals surface area contributed by atoms with Crippen LogP contribution in [0.25, 0.3) is 0 Å². The number of pyridine rings is 1. The Labute approximate surface area is 194 Å². The maximum absolute atomic E-state index is 12.7. The summed E-state index contributed by atoms with van der Waals surface area (Å²) in [6, 6.07) is 7.33. The Hall–Kier alpha value is -3.50. The molecule has 0 bridgehead atoms. The molecule has 1 saturated heterocycles. The molecule has 1 N–H and O–H groups in total. The Bertz CT molecular complexity index is 1040. The summed E-state index contributed by atoms with van der Waals surface area (Å²) >= 11 is 0. The minimum absolute atomic E-state index is 0.407. The van der Waals surface area contributed by atoms with E-state index in [1.807, 2.05) is 4.90 Å². The fourth-order valence-electron chi connectivity index (χ4n) is 3.77. The lowest BCUT2D eigenvalue weighted by Gasteiger charge is -2.32. The van der Waals surface area contributed by atoms with E-state index in [1.54, 1.807) is 18.2 Å². The number of hydrogen-bond acceptors (Lipinski definition) is 7. The van der Waals surface area contributed by atoms with Crippen molar-refractivity contribution in [1.82, 2.24) is 4.98 Å². The van der Waals surface area contributed by atoms with Crippen molar-refractivity contribution in [2.75, 3.05) is 36.5 Å². The third kappa shape index (κ3) is 5.52. The summed E-state index contributed by atoms with van der Waals surface area (Å²) in [5, 5.41) is 2.70. The van der Waals surface area contributed by atoms with Crippen molar-refractivity contribution in [2.45, 2.75) is 32.0 Å². The summed E-state index contributed by atoms with van der Waals surface area (Å²) in [6.45, 7) is 3.26. The Kier molecular flexibility index (Phi) is 6.80. The SMILES string of the molecule is C[C@H](OC(=O)C1CCN(c2ccc(C(F)(F)F)cn2)CC1)C(=O)Nc1ccc2c(c1)OCCO2. The number of ether oxygens (including phenoxy) is 3. The van der Waals surface area contributed by atoms with Gasteiger partial charge >= 0.3 is 12.1 Å². The Morgan fingerprint density at radius 2 is 1.82 bits per heavy atom. The standard InChI is InChI=1S/C23H24F3N3O5/c1-14(21(30)28-17-3-4-18-19(12-17)33-11-10-32-18)34-22(31)15-6-8-29(9-7-15)20-5-2-16(13-27-20)23(24,25)26/h2-5,12-15H,6-11H2,1H3,(H,28,30)/t14-/m0/s1. The van der Waals surface area contributed by atoms with E-state index in [2.05, 4.69) is 10.3 Å². The number of amides is 1. The molecule has 1 amide bonds. The van der Waals surface area contributed by atoms with Gasteiger partial charge in [-0.05, 0) is 44.0 Å². The highest BCUT2D eigenvalue weighted by Gasteiger charge is 2.32. The number of piperidine rings is 1. The van der Waals surface area contributed by atoms with E-state index in [4.69, 9.17) is 14.2 Å². The van der Waals surface area contributed by atoms with Gasteiger partial charge in [-0.3, -0.25) is 9.59 Å². The first-order valence-corrected chi connectivity index (χ1v) is 10.9. The van der Waals surface area contributed by atoms with Crippen LogP contribution in [0.4, 0.5) is 24.7 Å². The number of anilines is 2. The largest absolute Gasteiger partial charge is 0.486 e. The topological polar surface area (TPSA) is 90.0 Å². The van der Waals surface area contributed by atoms with Crippen LogP contribution in [0, 0.1) is 5.92 Å². The van der Waals surface area contributed by atoms with E-state index >= 15 is 0 Å². The van der Waals surface area contributed by atoms with Crippen LogP contribution in [-0.4, -0.2) is 49.3 Å². The molecule has 3 heterocycles. The number of halogens is 3. The number of carbonyl (C=O) groups is 2. The molecule has 0 radical (unpaired) electrons. The molecule has 0 aliphatic carbocycles. The summed E-state index contributed by atoms with van der Waals surface area (Å²) in [5.41, 5.74) is -0.312. The number of carbonyl (C=O) groups excluding carboxylic acids is 2. The van der Waals surface area contributed by atoms with Crippen molar-refractivity contribution in [3.8, 4) is 11.5 Å². The van der Waals surface area contributed by atoms with Gasteiger partial charge in [0.1, 0.15) is 19.0 Å². The smallest absolute Gasteiger partial charge is 0.417 e. The van der Waals surface area contributed by atoms with Gasteiger partial charge in [0.05, 0.1) is 11.5 Å². The summed E-state index contributed by atoms with van der Waals surface area (Å²) in [6.07, 6.45) is -3.75. The van der Waals surface area contributed by atoms with Crippen LogP contribution in [0.5, 0.6) is 11.5 Å². The lowest BCUT2D eigenvalue weighted by atomic mass is 9.97. The van der Waals surface area contributed by atoms with Gasteiger partial charge < -0.3 is 24.4 Å². The van der Waals surface area contributed by atoms with Gasteiger partial charge in [-0.1, -0.05) is 0 Å². The van der Waals surface area contributed by atoms with Crippen LogP contribution < -0.4 is 19.7 Å². The zero-order valence-electron chi connectivity index (χ0n) is 18.4. The summed E-state index contributed by atoms with van der Waals surface area (Å²) in [5.74, 6) is 0.188. The van der Waals surface area contributed by atoms with E-state index in [0.717, 1.165) is 12.3 Å². The normalized spacial score (nSPS) is 17.1. The molecule has 8 nitrogen and oxygen atoms in total. The number of rotatable bonds is 5. The number of esters is 1. The van der Waals surface area contributed by atoms with Crippen molar-refractivity contribution in [3.05, 3.63) is 42.1 Å². The van der Waals surface area contributed by atoms with Crippen LogP contribution in [0.1, 0.15) is 25.3 Å². The maximum Gasteiger partial charge on any atom is 0.417 e. The molecule has 4 rings (SSSR count). The molecule has 1 aromatic heterocycles. The molecule has 2 aliphatic rings. The van der Waals surface area contributed by atoms with Gasteiger partial charge in [0.25, 0.3) is 5.91 Å². The van der Waals surface area contributed by atoms with E-state index in [-0.39, 0.29) is 0 Å². The summed E-state index contributed by atoms with van der Waals surface area (Å²) < 4.78 is 54.4. The second kappa shape index (κ2) is 9.78. The minimum atomic E-state index is -4.44. The molecular formula is C23H24F3N3O5. The molecule has 2 aromatic rings. The lowest BCUT2D eigenvalue weighted by molar-refractivity contribution is -0.158. The molecule has 11 heteroatoms. The van der Waals surface area contributed by atoms with E-state index in [1.165, 1.54) is 13.0 Å². The average Bonchev–Trinajstić information content (AvgIpc) is 2.83. The van der Waals surface area contributed by atoms with Gasteiger partial charge in [-0.25, -0.2) is 4.98 Å². The molecule has 1 aromatic carbocycles. The second-order valence-corrected chi connectivity index (χ2v) is 8.09. The van der Waals surface area contributed by atoms with Crippen molar-refractivity contribution in [2.24, 2.45) is 5.92 Å². The van der Waals surface area contributed by atoms with Crippen LogP contribution in [0.15, 0.2) is 36.5 Å². The molecule has 0 saturated carbocycles. The van der Waals surface area contributed by atoms with Crippen molar-refractivity contribution in [3.63, 3.8) is 0 Å². The second-order valence-electron chi connectivity index (χ2n) is 8.09. The first kappa shape index (κ1) is 23.7. The van der Waals surface area contributed by atoms with Gasteiger partial charge in [0, 0.05) is 31.0 Å². The Morgan fingerprint density at radius 1 is 1.12 bits per heavy atom. The van der Waals surface area contributed by atoms with Gasteiger partial charge in [-0.15, -0.1) is 0 Å². The summed E-state index contributed by atoms with van der Waals surface area (Å²) in [4.78, 5) is 30.8. The molecule has 0 unspecified atom stereocenters. The first-order chi connectivity index (χ1) is 16.2. The van der Waals surface area contributed by atoms with Crippen LogP contribution >= 0.6 is 0 Å². The molecule has 1 atom stereocenters. The predicted molar refractivity (Wildman–Crippen MR) is 116 cm³/mol. The minimum Gasteiger partial charge on any atom is -0.486 e. The molecule has 1 fully saturated rings. The number of nitrogens with zero attached hydrogens (tertiary/aromatic N) is 2. The third-order valence-corrected chi connectivity index (χ3v) is 5.70. The molecule has 34 heavy (non-hydrogen) atoms. The monoisotopic (exact) mass is 479 g/mol. The van der Waals surface area contributed by atoms with Crippen molar-refractivity contribution >= 4 is 23.4 Å². The molecule has 2 aliphatic heterocycles. The fraction of sp³-hybridized carbons (Fsp3) is 0.435. The quantitative estimate of drug-likeness (QED) is 0.655. The van der Waals surface area contributed by atoms with Crippen LogP contribution in [0.2, 0.25) is 0 Å². The molecule has 0 spiro atoms. The fourth-order valence-corrected chi connectivity index (χ4v) is 3.77. The van der Waals surface area contributed by atoms with Crippen molar-refractivity contribution < 1.29 is 37.0 Å². The van der Waals surface area contributed by atoms with E-state index in [9.17, 15) is 22.8 Å². The maximum atomic E-state index is 12.7. The number of nitrogens with one attached hydrogen (secondary N) is 1. The third-order valence-electron chi connectivity index (χ3n) is 5.70. The van der Waals surface area contributed by atoms with Gasteiger partial charge in [-0.2, -0.15) is 13.2 Å². The highest BCUT2D eigenvalue weighted by molar-refractivity contribution is 5.95. The predicted octanol–water partition coefficient (Wildman–Crippen LogP) is 3.66. The van der Waals surface area contributed by atoms with Crippen LogP contribution in [0.3, 0.4) is 0 Å². The van der Waals surface area contributed by atoms with E-state index < -0.39 is 35.6 Å². The number of benzene rings is 1. The summed E-state index contributed by atoms with van der Waals surface area (Å²) in [7, 11) is 0. The van der Waals surface area contributed by atoms with E-state index in [0.29, 0.717) is 62.1 Å². The average molecular weight is 479 g/mol. The molecule has 182 valence electrons. The van der Waals surface area contributed by atoms with Gasteiger partial charge in [0.15, 0.2) is 17.6 Å². The lowest BCUT2D eigenvalue weighted by Crippen LogP contribution is -2.39.